The molecule has 3 rings (SSSR count). The largest absolute Gasteiger partial charge is 0.367 e. The summed E-state index contributed by atoms with van der Waals surface area (Å²) in [6, 6.07) is 5.98. The molecule has 0 aliphatic carbocycles. The smallest absolute Gasteiger partial charge is 0.138 e. The molecule has 0 aliphatic heterocycles. The Balaban J connectivity index is 1.86. The number of anilines is 1. The molecule has 3 heterocycles. The van der Waals surface area contributed by atoms with Crippen molar-refractivity contribution in [2.75, 3.05) is 5.32 Å². The number of nitrogens with zero attached hydrogens (tertiary/aromatic N) is 3. The SMILES string of the molecule is c1cc(NCc2cn[nH]c2)n2ccnc2c1. The zero-order chi connectivity index (χ0) is 10.8. The van der Waals surface area contributed by atoms with Gasteiger partial charge in [-0.25, -0.2) is 4.98 Å². The standard InChI is InChI=1S/C11H11N5/c1-2-10-12-4-5-16(10)11(3-1)13-6-9-7-14-15-8-9/h1-5,7-8,13H,6H2,(H,14,15). The molecule has 0 aliphatic rings. The fourth-order valence-electron chi connectivity index (χ4n) is 1.66. The van der Waals surface area contributed by atoms with Gasteiger partial charge in [-0.15, -0.1) is 0 Å². The van der Waals surface area contributed by atoms with Crippen molar-refractivity contribution >= 4 is 11.5 Å². The van der Waals surface area contributed by atoms with Crippen molar-refractivity contribution in [1.82, 2.24) is 19.6 Å². The third kappa shape index (κ3) is 1.52. The van der Waals surface area contributed by atoms with Crippen LogP contribution >= 0.6 is 0 Å². The van der Waals surface area contributed by atoms with Crippen LogP contribution in [0.3, 0.4) is 0 Å². The first-order valence-corrected chi connectivity index (χ1v) is 5.07. The maximum absolute atomic E-state index is 4.23. The molecule has 16 heavy (non-hydrogen) atoms. The second-order valence-corrected chi connectivity index (χ2v) is 3.53. The van der Waals surface area contributed by atoms with Crippen LogP contribution in [0.25, 0.3) is 5.65 Å². The van der Waals surface area contributed by atoms with Gasteiger partial charge in [0.15, 0.2) is 0 Å². The van der Waals surface area contributed by atoms with E-state index < -0.39 is 0 Å². The Morgan fingerprint density at radius 2 is 2.38 bits per heavy atom. The number of rotatable bonds is 3. The highest BCUT2D eigenvalue weighted by molar-refractivity contribution is 5.49. The van der Waals surface area contributed by atoms with Crippen LogP contribution in [0.1, 0.15) is 5.56 Å². The van der Waals surface area contributed by atoms with Gasteiger partial charge in [0.05, 0.1) is 6.20 Å². The monoisotopic (exact) mass is 213 g/mol. The van der Waals surface area contributed by atoms with E-state index >= 15 is 0 Å². The fourth-order valence-corrected chi connectivity index (χ4v) is 1.66. The Kier molecular flexibility index (Phi) is 2.07. The molecule has 0 radical (unpaired) electrons. The zero-order valence-electron chi connectivity index (χ0n) is 8.59. The second kappa shape index (κ2) is 3.69. The van der Waals surface area contributed by atoms with E-state index in [1.54, 1.807) is 12.4 Å². The molecule has 0 unspecified atom stereocenters. The second-order valence-electron chi connectivity index (χ2n) is 3.53. The van der Waals surface area contributed by atoms with Crippen LogP contribution < -0.4 is 5.32 Å². The van der Waals surface area contributed by atoms with E-state index in [1.807, 2.05) is 35.0 Å². The number of aromatic nitrogens is 4. The average Bonchev–Trinajstić information content (AvgIpc) is 2.97. The lowest BCUT2D eigenvalue weighted by molar-refractivity contribution is 1.08. The van der Waals surface area contributed by atoms with Crippen molar-refractivity contribution in [2.45, 2.75) is 6.54 Å². The first-order valence-electron chi connectivity index (χ1n) is 5.07. The van der Waals surface area contributed by atoms with Crippen LogP contribution in [-0.2, 0) is 6.54 Å². The van der Waals surface area contributed by atoms with Crippen LogP contribution in [0.5, 0.6) is 0 Å². The van der Waals surface area contributed by atoms with Gasteiger partial charge in [0, 0.05) is 30.7 Å². The van der Waals surface area contributed by atoms with Gasteiger partial charge in [-0.05, 0) is 12.1 Å². The molecule has 0 atom stereocenters. The molecule has 0 fully saturated rings. The average molecular weight is 213 g/mol. The summed E-state index contributed by atoms with van der Waals surface area (Å²) >= 11 is 0. The van der Waals surface area contributed by atoms with E-state index in [2.05, 4.69) is 20.5 Å². The summed E-state index contributed by atoms with van der Waals surface area (Å²) in [6.45, 7) is 0.744. The van der Waals surface area contributed by atoms with E-state index in [0.717, 1.165) is 23.6 Å². The Morgan fingerprint density at radius 3 is 3.25 bits per heavy atom. The summed E-state index contributed by atoms with van der Waals surface area (Å²) in [5.41, 5.74) is 2.06. The maximum atomic E-state index is 4.23. The first-order chi connectivity index (χ1) is 7.93. The molecule has 5 nitrogen and oxygen atoms in total. The third-order valence-corrected chi connectivity index (χ3v) is 2.46. The lowest BCUT2D eigenvalue weighted by atomic mass is 10.3. The number of imidazole rings is 1. The Bertz CT molecular complexity index is 581. The zero-order valence-corrected chi connectivity index (χ0v) is 8.59. The van der Waals surface area contributed by atoms with E-state index in [4.69, 9.17) is 0 Å². The molecule has 0 saturated carbocycles. The molecule has 0 aromatic carbocycles. The van der Waals surface area contributed by atoms with Gasteiger partial charge in [-0.3, -0.25) is 9.50 Å². The quantitative estimate of drug-likeness (QED) is 0.695. The summed E-state index contributed by atoms with van der Waals surface area (Å²) in [7, 11) is 0. The number of aromatic amines is 1. The summed E-state index contributed by atoms with van der Waals surface area (Å²) in [5.74, 6) is 1.02. The highest BCUT2D eigenvalue weighted by Crippen LogP contribution is 2.11. The van der Waals surface area contributed by atoms with Gasteiger partial charge >= 0.3 is 0 Å². The minimum absolute atomic E-state index is 0.744. The van der Waals surface area contributed by atoms with Crippen molar-refractivity contribution in [3.63, 3.8) is 0 Å². The van der Waals surface area contributed by atoms with Gasteiger partial charge in [-0.1, -0.05) is 6.07 Å². The normalized spacial score (nSPS) is 10.8. The van der Waals surface area contributed by atoms with Crippen molar-refractivity contribution in [1.29, 1.82) is 0 Å². The van der Waals surface area contributed by atoms with Crippen LogP contribution in [0.15, 0.2) is 43.0 Å². The summed E-state index contributed by atoms with van der Waals surface area (Å²) in [6.07, 6.45) is 7.41. The first kappa shape index (κ1) is 8.96. The molecule has 0 spiro atoms. The fraction of sp³-hybridized carbons (Fsp3) is 0.0909. The predicted molar refractivity (Wildman–Crippen MR) is 61.1 cm³/mol. The van der Waals surface area contributed by atoms with Crippen LogP contribution in [0, 0.1) is 0 Å². The van der Waals surface area contributed by atoms with Crippen LogP contribution in [-0.4, -0.2) is 19.6 Å². The number of hydrogen-bond donors (Lipinski definition) is 2. The molecular formula is C11H11N5. The van der Waals surface area contributed by atoms with Gasteiger partial charge in [0.1, 0.15) is 11.5 Å². The molecule has 0 amide bonds. The van der Waals surface area contributed by atoms with Crippen LogP contribution in [0.2, 0.25) is 0 Å². The van der Waals surface area contributed by atoms with E-state index in [9.17, 15) is 0 Å². The van der Waals surface area contributed by atoms with E-state index in [-0.39, 0.29) is 0 Å². The van der Waals surface area contributed by atoms with Crippen molar-refractivity contribution in [2.24, 2.45) is 0 Å². The lowest BCUT2D eigenvalue weighted by Crippen LogP contribution is -2.02. The van der Waals surface area contributed by atoms with Gasteiger partial charge in [-0.2, -0.15) is 5.10 Å². The molecule has 3 aromatic heterocycles. The number of H-pyrrole nitrogens is 1. The summed E-state index contributed by atoms with van der Waals surface area (Å²) in [5, 5.41) is 10.0. The number of nitrogens with one attached hydrogen (secondary N) is 2. The highest BCUT2D eigenvalue weighted by Gasteiger charge is 2.00. The summed E-state index contributed by atoms with van der Waals surface area (Å²) in [4.78, 5) is 4.23. The number of fused-ring (bicyclic) bond motifs is 1. The molecule has 0 saturated heterocycles. The predicted octanol–water partition coefficient (Wildman–Crippen LogP) is 1.67. The molecular weight excluding hydrogens is 202 g/mol. The Labute approximate surface area is 92.1 Å². The van der Waals surface area contributed by atoms with Crippen molar-refractivity contribution in [3.05, 3.63) is 48.5 Å². The van der Waals surface area contributed by atoms with E-state index in [1.165, 1.54) is 0 Å². The molecule has 80 valence electrons. The van der Waals surface area contributed by atoms with Gasteiger partial charge in [0.25, 0.3) is 0 Å². The number of pyridine rings is 1. The Morgan fingerprint density at radius 1 is 1.38 bits per heavy atom. The minimum atomic E-state index is 0.744. The van der Waals surface area contributed by atoms with E-state index in [0.29, 0.717) is 0 Å². The lowest BCUT2D eigenvalue weighted by Gasteiger charge is -2.07. The summed E-state index contributed by atoms with van der Waals surface area (Å²) < 4.78 is 2.01. The molecule has 2 N–H and O–H groups in total. The molecule has 0 bridgehead atoms. The van der Waals surface area contributed by atoms with Gasteiger partial charge < -0.3 is 5.32 Å². The topological polar surface area (TPSA) is 58.0 Å². The third-order valence-electron chi connectivity index (χ3n) is 2.46. The Hall–Kier alpha value is -2.30. The molecule has 5 heteroatoms. The minimum Gasteiger partial charge on any atom is -0.367 e. The van der Waals surface area contributed by atoms with Crippen molar-refractivity contribution < 1.29 is 0 Å². The van der Waals surface area contributed by atoms with Crippen molar-refractivity contribution in [3.8, 4) is 0 Å². The highest BCUT2D eigenvalue weighted by atomic mass is 15.1. The number of hydrogen-bond acceptors (Lipinski definition) is 3. The van der Waals surface area contributed by atoms with Crippen LogP contribution in [0.4, 0.5) is 5.82 Å². The maximum Gasteiger partial charge on any atom is 0.138 e. The molecule has 3 aromatic rings. The van der Waals surface area contributed by atoms with Gasteiger partial charge in [0.2, 0.25) is 0 Å².